The Balaban J connectivity index is 3.57. The molecule has 13 heavy (non-hydrogen) atoms. The summed E-state index contributed by atoms with van der Waals surface area (Å²) in [6, 6.07) is 0. The maximum absolute atomic E-state index is 12.2. The third-order valence-corrected chi connectivity index (χ3v) is 3.59. The standard InChI is InChI=1S/C7H9F3S3/c1-2-12-7(11)13-4-3-5(8)6(9)10/h2-4H2,1H3. The molecule has 0 N–H and O–H groups in total. The molecule has 0 aromatic rings. The quantitative estimate of drug-likeness (QED) is 0.681. The van der Waals surface area contributed by atoms with Crippen LogP contribution in [-0.2, 0) is 0 Å². The molecule has 0 bridgehead atoms. The van der Waals surface area contributed by atoms with Crippen molar-refractivity contribution < 1.29 is 13.2 Å². The number of rotatable bonds is 4. The fraction of sp³-hybridized carbons (Fsp3) is 0.571. The normalized spacial score (nSPS) is 9.85. The Morgan fingerprint density at radius 1 is 1.23 bits per heavy atom. The third-order valence-electron chi connectivity index (χ3n) is 1.01. The van der Waals surface area contributed by atoms with E-state index in [4.69, 9.17) is 12.2 Å². The second-order valence-electron chi connectivity index (χ2n) is 1.95. The van der Waals surface area contributed by atoms with Gasteiger partial charge in [0.1, 0.15) is 3.53 Å². The molecule has 0 aliphatic heterocycles. The van der Waals surface area contributed by atoms with E-state index in [1.807, 2.05) is 6.92 Å². The van der Waals surface area contributed by atoms with Crippen LogP contribution in [0.15, 0.2) is 11.9 Å². The van der Waals surface area contributed by atoms with Crippen molar-refractivity contribution in [1.29, 1.82) is 0 Å². The summed E-state index contributed by atoms with van der Waals surface area (Å²) in [7, 11) is 0. The van der Waals surface area contributed by atoms with Crippen molar-refractivity contribution in [2.24, 2.45) is 0 Å². The topological polar surface area (TPSA) is 0 Å². The first-order valence-electron chi connectivity index (χ1n) is 3.57. The van der Waals surface area contributed by atoms with Crippen LogP contribution in [0.1, 0.15) is 13.3 Å². The molecule has 0 saturated carbocycles. The van der Waals surface area contributed by atoms with Crippen LogP contribution in [0.4, 0.5) is 13.2 Å². The first-order chi connectivity index (χ1) is 6.07. The molecule has 6 heteroatoms. The minimum Gasteiger partial charge on any atom is -0.206 e. The summed E-state index contributed by atoms with van der Waals surface area (Å²) >= 11 is 7.56. The maximum Gasteiger partial charge on any atom is 0.301 e. The Hall–Kier alpha value is 0.320. The van der Waals surface area contributed by atoms with Gasteiger partial charge in [0.05, 0.1) is 0 Å². The summed E-state index contributed by atoms with van der Waals surface area (Å²) in [5, 5.41) is 0. The molecule has 0 radical (unpaired) electrons. The fourth-order valence-electron chi connectivity index (χ4n) is 0.478. The van der Waals surface area contributed by atoms with E-state index in [-0.39, 0.29) is 12.2 Å². The Morgan fingerprint density at radius 3 is 2.31 bits per heavy atom. The lowest BCUT2D eigenvalue weighted by atomic mass is 10.4. The zero-order valence-electron chi connectivity index (χ0n) is 6.98. The lowest BCUT2D eigenvalue weighted by molar-refractivity contribution is 0.373. The van der Waals surface area contributed by atoms with Crippen molar-refractivity contribution in [3.8, 4) is 0 Å². The van der Waals surface area contributed by atoms with Crippen LogP contribution in [0.3, 0.4) is 0 Å². The summed E-state index contributed by atoms with van der Waals surface area (Å²) in [4.78, 5) is 0. The van der Waals surface area contributed by atoms with Crippen LogP contribution in [0.2, 0.25) is 0 Å². The van der Waals surface area contributed by atoms with Gasteiger partial charge in [-0.1, -0.05) is 19.1 Å². The molecule has 0 fully saturated rings. The monoisotopic (exact) mass is 246 g/mol. The lowest BCUT2D eigenvalue weighted by Gasteiger charge is -1.99. The van der Waals surface area contributed by atoms with Gasteiger partial charge in [0, 0.05) is 12.2 Å². The van der Waals surface area contributed by atoms with Crippen molar-refractivity contribution in [2.45, 2.75) is 13.3 Å². The second kappa shape index (κ2) is 7.70. The number of hydrogen-bond donors (Lipinski definition) is 0. The summed E-state index contributed by atoms with van der Waals surface area (Å²) in [5.74, 6) is -0.215. The molecule has 0 atom stereocenters. The molecule has 0 rings (SSSR count). The molecular formula is C7H9F3S3. The van der Waals surface area contributed by atoms with Gasteiger partial charge in [-0.25, -0.2) is 4.39 Å². The Labute approximate surface area is 89.3 Å². The minimum atomic E-state index is -2.23. The highest BCUT2D eigenvalue weighted by Gasteiger charge is 2.05. The SMILES string of the molecule is CCSC(=S)SCCC(F)=C(F)F. The molecule has 0 aliphatic carbocycles. The predicted molar refractivity (Wildman–Crippen MR) is 58.2 cm³/mol. The van der Waals surface area contributed by atoms with Crippen molar-refractivity contribution in [1.82, 2.24) is 0 Å². The molecular weight excluding hydrogens is 237 g/mol. The van der Waals surface area contributed by atoms with E-state index in [2.05, 4.69) is 0 Å². The van der Waals surface area contributed by atoms with Crippen LogP contribution in [0.5, 0.6) is 0 Å². The third kappa shape index (κ3) is 7.40. The molecule has 0 saturated heterocycles. The smallest absolute Gasteiger partial charge is 0.206 e. The van der Waals surface area contributed by atoms with E-state index in [0.29, 0.717) is 3.53 Å². The lowest BCUT2D eigenvalue weighted by Crippen LogP contribution is -1.87. The average molecular weight is 246 g/mol. The average Bonchev–Trinajstić information content (AvgIpc) is 2.04. The number of thiocarbonyl (C=S) groups is 1. The van der Waals surface area contributed by atoms with Gasteiger partial charge in [0.2, 0.25) is 0 Å². The molecule has 76 valence electrons. The molecule has 0 heterocycles. The maximum atomic E-state index is 12.2. The summed E-state index contributed by atoms with van der Waals surface area (Å²) in [6.45, 7) is 1.94. The van der Waals surface area contributed by atoms with Crippen LogP contribution in [0.25, 0.3) is 0 Å². The van der Waals surface area contributed by atoms with Crippen molar-refractivity contribution in [3.63, 3.8) is 0 Å². The van der Waals surface area contributed by atoms with Gasteiger partial charge < -0.3 is 0 Å². The zero-order chi connectivity index (χ0) is 10.3. The number of thioether (sulfide) groups is 2. The van der Waals surface area contributed by atoms with Crippen LogP contribution < -0.4 is 0 Å². The highest BCUT2D eigenvalue weighted by Crippen LogP contribution is 2.21. The predicted octanol–water partition coefficient (Wildman–Crippen LogP) is 4.23. The van der Waals surface area contributed by atoms with Crippen molar-refractivity contribution in [3.05, 3.63) is 11.9 Å². The molecule has 0 amide bonds. The van der Waals surface area contributed by atoms with Gasteiger partial charge in [-0.15, -0.1) is 23.5 Å². The van der Waals surface area contributed by atoms with E-state index in [0.717, 1.165) is 5.75 Å². The molecule has 0 aromatic carbocycles. The molecule has 0 aliphatic rings. The van der Waals surface area contributed by atoms with Crippen LogP contribution >= 0.6 is 35.7 Å². The van der Waals surface area contributed by atoms with E-state index < -0.39 is 11.9 Å². The van der Waals surface area contributed by atoms with Gasteiger partial charge in [0.15, 0.2) is 5.83 Å². The van der Waals surface area contributed by atoms with E-state index in [9.17, 15) is 13.2 Å². The van der Waals surface area contributed by atoms with E-state index in [1.54, 1.807) is 0 Å². The van der Waals surface area contributed by atoms with Gasteiger partial charge in [-0.2, -0.15) is 8.78 Å². The van der Waals surface area contributed by atoms with Gasteiger partial charge >= 0.3 is 6.08 Å². The summed E-state index contributed by atoms with van der Waals surface area (Å²) in [5.41, 5.74) is 0. The van der Waals surface area contributed by atoms with Gasteiger partial charge in [-0.05, 0) is 5.75 Å². The molecule has 0 nitrogen and oxygen atoms in total. The largest absolute Gasteiger partial charge is 0.301 e. The first kappa shape index (κ1) is 13.3. The van der Waals surface area contributed by atoms with Gasteiger partial charge in [-0.3, -0.25) is 0 Å². The summed E-state index contributed by atoms with van der Waals surface area (Å²) < 4.78 is 36.0. The number of allylic oxidation sites excluding steroid dienone is 1. The first-order valence-corrected chi connectivity index (χ1v) is 5.95. The Bertz CT molecular complexity index is 199. The van der Waals surface area contributed by atoms with E-state index >= 15 is 0 Å². The van der Waals surface area contributed by atoms with Gasteiger partial charge in [0.25, 0.3) is 0 Å². The molecule has 0 aromatic heterocycles. The number of halogens is 3. The minimum absolute atomic E-state index is 0.253. The highest BCUT2D eigenvalue weighted by atomic mass is 32.2. The number of hydrogen-bond acceptors (Lipinski definition) is 3. The van der Waals surface area contributed by atoms with E-state index in [1.165, 1.54) is 23.5 Å². The van der Waals surface area contributed by atoms with Crippen molar-refractivity contribution >= 4 is 39.3 Å². The second-order valence-corrected chi connectivity index (χ2v) is 5.51. The Morgan fingerprint density at radius 2 is 1.85 bits per heavy atom. The van der Waals surface area contributed by atoms with Crippen LogP contribution in [0, 0.1) is 0 Å². The molecule has 0 spiro atoms. The zero-order valence-corrected chi connectivity index (χ0v) is 9.43. The fourth-order valence-corrected chi connectivity index (χ4v) is 2.70. The van der Waals surface area contributed by atoms with Crippen LogP contribution in [-0.4, -0.2) is 15.0 Å². The summed E-state index contributed by atoms with van der Waals surface area (Å²) in [6.07, 6.45) is -2.48. The van der Waals surface area contributed by atoms with Crippen molar-refractivity contribution in [2.75, 3.05) is 11.5 Å². The highest BCUT2D eigenvalue weighted by molar-refractivity contribution is 8.47. The molecule has 0 unspecified atom stereocenters. The Kier molecular flexibility index (Phi) is 7.89.